The van der Waals surface area contributed by atoms with Crippen molar-refractivity contribution in [3.05, 3.63) is 77.0 Å². The fourth-order valence-corrected chi connectivity index (χ4v) is 4.86. The van der Waals surface area contributed by atoms with Gasteiger partial charge >= 0.3 is 6.09 Å². The van der Waals surface area contributed by atoms with E-state index in [0.717, 1.165) is 21.7 Å². The molecular weight excluding hydrogens is 420 g/mol. The molecule has 0 bridgehead atoms. The monoisotopic (exact) mass is 448 g/mol. The molecule has 4 rings (SSSR count). The number of hydrogen-bond donors (Lipinski definition) is 1. The highest BCUT2D eigenvalue weighted by molar-refractivity contribution is 7.10. The summed E-state index contributed by atoms with van der Waals surface area (Å²) in [4.78, 5) is 28.8. The summed E-state index contributed by atoms with van der Waals surface area (Å²) in [5.74, 6) is -0.485. The van der Waals surface area contributed by atoms with E-state index < -0.39 is 5.60 Å². The lowest BCUT2D eigenvalue weighted by atomic mass is 9.93. The summed E-state index contributed by atoms with van der Waals surface area (Å²) in [6, 6.07) is 21.9. The Balaban J connectivity index is 1.53. The molecule has 1 aliphatic heterocycles. The predicted molar refractivity (Wildman–Crippen MR) is 129 cm³/mol. The standard InChI is InChI=1S/C26H28N2O3S/c1-26(2,3)31-25(30)28-16-21(23-13-8-14-32-23)22(17-28)24(29)27-20-12-7-11-19(15-20)18-9-5-4-6-10-18/h4-15,21-22H,16-17H2,1-3H3,(H,27,29)/t21-,22-/m1/s1. The molecule has 0 spiro atoms. The average Bonchev–Trinajstić information content (AvgIpc) is 3.43. The number of ether oxygens (including phenoxy) is 1. The van der Waals surface area contributed by atoms with E-state index in [-0.39, 0.29) is 23.8 Å². The van der Waals surface area contributed by atoms with E-state index in [9.17, 15) is 9.59 Å². The number of carbonyl (C=O) groups is 2. The van der Waals surface area contributed by atoms with Gasteiger partial charge in [-0.15, -0.1) is 11.3 Å². The van der Waals surface area contributed by atoms with Crippen molar-refractivity contribution in [2.75, 3.05) is 18.4 Å². The maximum absolute atomic E-state index is 13.3. The zero-order valence-corrected chi connectivity index (χ0v) is 19.4. The Kier molecular flexibility index (Phi) is 6.33. The minimum Gasteiger partial charge on any atom is -0.444 e. The Hall–Kier alpha value is -3.12. The summed E-state index contributed by atoms with van der Waals surface area (Å²) in [6.07, 6.45) is -0.375. The molecule has 1 saturated heterocycles. The van der Waals surface area contributed by atoms with Crippen LogP contribution in [0, 0.1) is 5.92 Å². The predicted octanol–water partition coefficient (Wildman–Crippen LogP) is 6.00. The number of benzene rings is 2. The summed E-state index contributed by atoms with van der Waals surface area (Å²) < 4.78 is 5.56. The Morgan fingerprint density at radius 2 is 1.72 bits per heavy atom. The quantitative estimate of drug-likeness (QED) is 0.532. The molecule has 0 radical (unpaired) electrons. The number of anilines is 1. The maximum Gasteiger partial charge on any atom is 0.410 e. The van der Waals surface area contributed by atoms with Gasteiger partial charge in [-0.25, -0.2) is 4.79 Å². The molecule has 0 unspecified atom stereocenters. The van der Waals surface area contributed by atoms with Gasteiger partial charge in [-0.3, -0.25) is 4.79 Å². The molecule has 2 atom stereocenters. The van der Waals surface area contributed by atoms with Crippen molar-refractivity contribution in [2.24, 2.45) is 5.92 Å². The van der Waals surface area contributed by atoms with Gasteiger partial charge in [0, 0.05) is 29.6 Å². The molecule has 1 N–H and O–H groups in total. The first-order valence-corrected chi connectivity index (χ1v) is 11.7. The van der Waals surface area contributed by atoms with Crippen molar-refractivity contribution in [1.82, 2.24) is 4.90 Å². The zero-order chi connectivity index (χ0) is 22.7. The minimum atomic E-state index is -0.576. The van der Waals surface area contributed by atoms with Gasteiger partial charge in [0.1, 0.15) is 5.60 Å². The van der Waals surface area contributed by atoms with Crippen LogP contribution in [0.2, 0.25) is 0 Å². The van der Waals surface area contributed by atoms with Gasteiger partial charge in [-0.2, -0.15) is 0 Å². The smallest absolute Gasteiger partial charge is 0.410 e. The van der Waals surface area contributed by atoms with Gasteiger partial charge < -0.3 is 15.0 Å². The van der Waals surface area contributed by atoms with Crippen LogP contribution >= 0.6 is 11.3 Å². The van der Waals surface area contributed by atoms with E-state index in [1.54, 1.807) is 16.2 Å². The van der Waals surface area contributed by atoms with Gasteiger partial charge in [0.15, 0.2) is 0 Å². The molecule has 166 valence electrons. The van der Waals surface area contributed by atoms with E-state index in [1.807, 2.05) is 92.9 Å². The highest BCUT2D eigenvalue weighted by atomic mass is 32.1. The van der Waals surface area contributed by atoms with Gasteiger partial charge in [0.2, 0.25) is 5.91 Å². The molecule has 1 fully saturated rings. The highest BCUT2D eigenvalue weighted by Crippen LogP contribution is 2.36. The van der Waals surface area contributed by atoms with Crippen LogP contribution in [0.15, 0.2) is 72.1 Å². The zero-order valence-electron chi connectivity index (χ0n) is 18.6. The molecule has 2 amide bonds. The first-order valence-electron chi connectivity index (χ1n) is 10.8. The molecule has 3 aromatic rings. The molecule has 5 nitrogen and oxygen atoms in total. The number of nitrogens with zero attached hydrogens (tertiary/aromatic N) is 1. The second-order valence-electron chi connectivity index (χ2n) is 9.05. The molecule has 0 saturated carbocycles. The van der Waals surface area contributed by atoms with Crippen LogP contribution in [-0.4, -0.2) is 35.6 Å². The van der Waals surface area contributed by atoms with Gasteiger partial charge in [0.05, 0.1) is 5.92 Å². The van der Waals surface area contributed by atoms with Gasteiger partial charge in [0.25, 0.3) is 0 Å². The van der Waals surface area contributed by atoms with Crippen molar-refractivity contribution in [2.45, 2.75) is 32.3 Å². The van der Waals surface area contributed by atoms with E-state index >= 15 is 0 Å². The number of likely N-dealkylation sites (tertiary alicyclic amines) is 1. The lowest BCUT2D eigenvalue weighted by molar-refractivity contribution is -0.119. The lowest BCUT2D eigenvalue weighted by Crippen LogP contribution is -2.36. The third kappa shape index (κ3) is 5.19. The summed E-state index contributed by atoms with van der Waals surface area (Å²) >= 11 is 1.62. The van der Waals surface area contributed by atoms with E-state index in [4.69, 9.17) is 4.74 Å². The lowest BCUT2D eigenvalue weighted by Gasteiger charge is -2.24. The molecule has 2 heterocycles. The third-order valence-electron chi connectivity index (χ3n) is 5.45. The van der Waals surface area contributed by atoms with Crippen LogP contribution in [0.4, 0.5) is 10.5 Å². The first-order chi connectivity index (χ1) is 15.3. The van der Waals surface area contributed by atoms with E-state index in [1.165, 1.54) is 0 Å². The SMILES string of the molecule is CC(C)(C)OC(=O)N1C[C@@H](C(=O)Nc2cccc(-c3ccccc3)c2)[C@H](c2cccs2)C1. The average molecular weight is 449 g/mol. The minimum absolute atomic E-state index is 0.0557. The van der Waals surface area contributed by atoms with Crippen molar-refractivity contribution in [1.29, 1.82) is 0 Å². The first kappa shape index (κ1) is 22.1. The van der Waals surface area contributed by atoms with Crippen molar-refractivity contribution < 1.29 is 14.3 Å². The summed E-state index contributed by atoms with van der Waals surface area (Å²) in [5.41, 5.74) is 2.31. The fourth-order valence-electron chi connectivity index (χ4n) is 3.98. The summed E-state index contributed by atoms with van der Waals surface area (Å²) in [6.45, 7) is 6.35. The molecule has 0 aliphatic carbocycles. The molecule has 32 heavy (non-hydrogen) atoms. The Morgan fingerprint density at radius 3 is 2.41 bits per heavy atom. The number of hydrogen-bond acceptors (Lipinski definition) is 4. The second-order valence-corrected chi connectivity index (χ2v) is 10.0. The third-order valence-corrected chi connectivity index (χ3v) is 6.46. The molecule has 1 aromatic heterocycles. The van der Waals surface area contributed by atoms with Crippen molar-refractivity contribution in [3.8, 4) is 11.1 Å². The van der Waals surface area contributed by atoms with Crippen LogP contribution in [0.3, 0.4) is 0 Å². The normalized spacial score (nSPS) is 18.4. The van der Waals surface area contributed by atoms with E-state index in [0.29, 0.717) is 13.1 Å². The van der Waals surface area contributed by atoms with Crippen molar-refractivity contribution in [3.63, 3.8) is 0 Å². The summed E-state index contributed by atoms with van der Waals surface area (Å²) in [5, 5.41) is 5.08. The highest BCUT2D eigenvalue weighted by Gasteiger charge is 2.42. The Bertz CT molecular complexity index is 1070. The van der Waals surface area contributed by atoms with Crippen LogP contribution in [-0.2, 0) is 9.53 Å². The van der Waals surface area contributed by atoms with Crippen LogP contribution < -0.4 is 5.32 Å². The molecule has 6 heteroatoms. The van der Waals surface area contributed by atoms with Crippen molar-refractivity contribution >= 4 is 29.0 Å². The van der Waals surface area contributed by atoms with Crippen LogP contribution in [0.25, 0.3) is 11.1 Å². The topological polar surface area (TPSA) is 58.6 Å². The number of rotatable bonds is 4. The summed E-state index contributed by atoms with van der Waals surface area (Å²) in [7, 11) is 0. The maximum atomic E-state index is 13.3. The Morgan fingerprint density at radius 1 is 0.969 bits per heavy atom. The number of amides is 2. The largest absolute Gasteiger partial charge is 0.444 e. The molecular formula is C26H28N2O3S. The molecule has 1 aliphatic rings. The van der Waals surface area contributed by atoms with Gasteiger partial charge in [-0.05, 0) is 55.5 Å². The van der Waals surface area contributed by atoms with E-state index in [2.05, 4.69) is 5.32 Å². The molecule has 2 aromatic carbocycles. The van der Waals surface area contributed by atoms with Crippen LogP contribution in [0.1, 0.15) is 31.6 Å². The van der Waals surface area contributed by atoms with Crippen LogP contribution in [0.5, 0.6) is 0 Å². The number of nitrogens with one attached hydrogen (secondary N) is 1. The number of carbonyl (C=O) groups excluding carboxylic acids is 2. The van der Waals surface area contributed by atoms with Gasteiger partial charge in [-0.1, -0.05) is 48.5 Å². The Labute approximate surface area is 193 Å². The second kappa shape index (κ2) is 9.17. The fraction of sp³-hybridized carbons (Fsp3) is 0.308. The number of thiophene rings is 1.